The lowest BCUT2D eigenvalue weighted by molar-refractivity contribution is 0.354. The number of halogens is 1. The smallest absolute Gasteiger partial charge is 0.124 e. The van der Waals surface area contributed by atoms with E-state index < -0.39 is 0 Å². The fourth-order valence-electron chi connectivity index (χ4n) is 1.61. The van der Waals surface area contributed by atoms with Gasteiger partial charge in [0.15, 0.2) is 0 Å². The van der Waals surface area contributed by atoms with Gasteiger partial charge < -0.3 is 10.1 Å². The molecular formula is C14H20ClNO. The monoisotopic (exact) mass is 253 g/mol. The second-order valence-corrected chi connectivity index (χ2v) is 4.14. The lowest BCUT2D eigenvalue weighted by Crippen LogP contribution is -2.20. The predicted octanol–water partition coefficient (Wildman–Crippen LogP) is 3.88. The molecule has 1 unspecified atom stereocenters. The molecule has 0 aliphatic carbocycles. The van der Waals surface area contributed by atoms with Gasteiger partial charge in [-0.3, -0.25) is 0 Å². The van der Waals surface area contributed by atoms with Crippen molar-refractivity contribution in [3.8, 4) is 5.75 Å². The van der Waals surface area contributed by atoms with Gasteiger partial charge in [0.1, 0.15) is 12.4 Å². The molecule has 94 valence electrons. The van der Waals surface area contributed by atoms with Crippen molar-refractivity contribution in [3.63, 3.8) is 0 Å². The Bertz CT molecular complexity index is 352. The van der Waals surface area contributed by atoms with E-state index in [1.54, 1.807) is 6.08 Å². The molecule has 0 saturated carbocycles. The normalized spacial score (nSPS) is 12.9. The molecule has 0 saturated heterocycles. The van der Waals surface area contributed by atoms with Gasteiger partial charge in [-0.1, -0.05) is 36.7 Å². The Morgan fingerprint density at radius 2 is 2.18 bits per heavy atom. The molecule has 0 fully saturated rings. The average Bonchev–Trinajstić information content (AvgIpc) is 2.37. The second-order valence-electron chi connectivity index (χ2n) is 3.89. The van der Waals surface area contributed by atoms with Gasteiger partial charge in [0.25, 0.3) is 0 Å². The molecule has 0 aliphatic heterocycles. The third kappa shape index (κ3) is 4.80. The quantitative estimate of drug-likeness (QED) is 0.796. The van der Waals surface area contributed by atoms with E-state index in [1.807, 2.05) is 18.2 Å². The molecule has 0 bridgehead atoms. The minimum atomic E-state index is 0.297. The fraction of sp³-hybridized carbons (Fsp3) is 0.429. The summed E-state index contributed by atoms with van der Waals surface area (Å²) in [5.41, 5.74) is 2.66. The highest BCUT2D eigenvalue weighted by Crippen LogP contribution is 2.24. The van der Waals surface area contributed by atoms with Crippen LogP contribution in [0.15, 0.2) is 35.9 Å². The van der Waals surface area contributed by atoms with Gasteiger partial charge in [-0.15, -0.1) is 0 Å². The zero-order chi connectivity index (χ0) is 12.5. The van der Waals surface area contributed by atoms with Crippen molar-refractivity contribution in [1.82, 2.24) is 5.32 Å². The van der Waals surface area contributed by atoms with Gasteiger partial charge in [0.05, 0.1) is 0 Å². The Morgan fingerprint density at radius 1 is 1.41 bits per heavy atom. The number of ether oxygens (including phenoxy) is 1. The summed E-state index contributed by atoms with van der Waals surface area (Å²) in [6.07, 6.45) is 2.91. The highest BCUT2D eigenvalue weighted by Gasteiger charge is 2.09. The summed E-state index contributed by atoms with van der Waals surface area (Å²) in [5.74, 6) is 0.915. The van der Waals surface area contributed by atoms with E-state index in [0.717, 1.165) is 18.7 Å². The Labute approximate surface area is 109 Å². The van der Waals surface area contributed by atoms with Crippen LogP contribution in [0, 0.1) is 0 Å². The maximum Gasteiger partial charge on any atom is 0.124 e. The number of nitrogens with one attached hydrogen (secondary N) is 1. The zero-order valence-electron chi connectivity index (χ0n) is 10.4. The van der Waals surface area contributed by atoms with Crippen molar-refractivity contribution in [2.24, 2.45) is 0 Å². The molecule has 0 amide bonds. The van der Waals surface area contributed by atoms with Crippen LogP contribution in [0.2, 0.25) is 0 Å². The molecule has 2 nitrogen and oxygen atoms in total. The van der Waals surface area contributed by atoms with E-state index in [0.29, 0.717) is 12.6 Å². The molecule has 1 rings (SSSR count). The average molecular weight is 254 g/mol. The molecule has 0 radical (unpaired) electrons. The summed E-state index contributed by atoms with van der Waals surface area (Å²) in [6, 6.07) is 8.39. The molecule has 0 spiro atoms. The van der Waals surface area contributed by atoms with Crippen LogP contribution < -0.4 is 10.1 Å². The standard InChI is InChI=1S/C14H20ClNO/c1-3-10-16-12(2)13-7-4-5-8-14(13)17-11-6-9-15/h4-9,12,16H,3,10-11H2,1-2H3/b9-6+. The molecule has 3 heteroatoms. The first-order valence-corrected chi connectivity index (χ1v) is 6.43. The molecule has 1 aromatic rings. The number of hydrogen-bond acceptors (Lipinski definition) is 2. The second kappa shape index (κ2) is 8.15. The predicted molar refractivity (Wildman–Crippen MR) is 73.6 cm³/mol. The van der Waals surface area contributed by atoms with E-state index >= 15 is 0 Å². The van der Waals surface area contributed by atoms with E-state index in [9.17, 15) is 0 Å². The minimum absolute atomic E-state index is 0.297. The summed E-state index contributed by atoms with van der Waals surface area (Å²) in [5, 5.41) is 3.46. The highest BCUT2D eigenvalue weighted by molar-refractivity contribution is 6.25. The Kier molecular flexibility index (Phi) is 6.75. The van der Waals surface area contributed by atoms with E-state index in [2.05, 4.69) is 25.2 Å². The maximum absolute atomic E-state index is 5.67. The first kappa shape index (κ1) is 14.1. The topological polar surface area (TPSA) is 21.3 Å². The van der Waals surface area contributed by atoms with E-state index in [-0.39, 0.29) is 0 Å². The highest BCUT2D eigenvalue weighted by atomic mass is 35.5. The van der Waals surface area contributed by atoms with Crippen LogP contribution in [0.5, 0.6) is 5.75 Å². The van der Waals surface area contributed by atoms with Gasteiger partial charge >= 0.3 is 0 Å². The largest absolute Gasteiger partial charge is 0.489 e. The molecule has 1 aromatic carbocycles. The number of rotatable bonds is 7. The van der Waals surface area contributed by atoms with Gasteiger partial charge in [-0.2, -0.15) is 0 Å². The third-order valence-electron chi connectivity index (χ3n) is 2.51. The molecule has 1 atom stereocenters. The number of para-hydroxylation sites is 1. The lowest BCUT2D eigenvalue weighted by Gasteiger charge is -2.17. The Morgan fingerprint density at radius 3 is 2.88 bits per heavy atom. The molecular weight excluding hydrogens is 234 g/mol. The van der Waals surface area contributed by atoms with Gasteiger partial charge in [0.2, 0.25) is 0 Å². The summed E-state index contributed by atoms with van der Waals surface area (Å²) in [6.45, 7) is 5.82. The third-order valence-corrected chi connectivity index (χ3v) is 2.69. The van der Waals surface area contributed by atoms with Gasteiger partial charge in [-0.25, -0.2) is 0 Å². The van der Waals surface area contributed by atoms with E-state index in [4.69, 9.17) is 16.3 Å². The molecule has 0 heterocycles. The Balaban J connectivity index is 2.68. The summed E-state index contributed by atoms with van der Waals surface area (Å²) >= 11 is 5.47. The van der Waals surface area contributed by atoms with Crippen molar-refractivity contribution in [2.45, 2.75) is 26.3 Å². The van der Waals surface area contributed by atoms with Crippen LogP contribution >= 0.6 is 11.6 Å². The summed E-state index contributed by atoms with van der Waals surface area (Å²) in [7, 11) is 0. The SMILES string of the molecule is CCCNC(C)c1ccccc1OC/C=C/Cl. The van der Waals surface area contributed by atoms with Crippen molar-refractivity contribution in [3.05, 3.63) is 41.4 Å². The fourth-order valence-corrected chi connectivity index (χ4v) is 1.69. The zero-order valence-corrected chi connectivity index (χ0v) is 11.2. The van der Waals surface area contributed by atoms with Crippen molar-refractivity contribution in [2.75, 3.05) is 13.2 Å². The molecule has 0 aliphatic rings. The van der Waals surface area contributed by atoms with Crippen molar-refractivity contribution >= 4 is 11.6 Å². The van der Waals surface area contributed by atoms with Crippen LogP contribution in [0.4, 0.5) is 0 Å². The lowest BCUT2D eigenvalue weighted by atomic mass is 10.1. The van der Waals surface area contributed by atoms with Crippen LogP contribution in [0.3, 0.4) is 0 Å². The minimum Gasteiger partial charge on any atom is -0.489 e. The maximum atomic E-state index is 5.67. The van der Waals surface area contributed by atoms with Crippen molar-refractivity contribution < 1.29 is 4.74 Å². The number of benzene rings is 1. The van der Waals surface area contributed by atoms with Crippen molar-refractivity contribution in [1.29, 1.82) is 0 Å². The molecule has 0 aromatic heterocycles. The van der Waals surface area contributed by atoms with Crippen LogP contribution in [-0.4, -0.2) is 13.2 Å². The summed E-state index contributed by atoms with van der Waals surface area (Å²) in [4.78, 5) is 0. The molecule has 17 heavy (non-hydrogen) atoms. The van der Waals surface area contributed by atoms with Crippen LogP contribution in [0.25, 0.3) is 0 Å². The van der Waals surface area contributed by atoms with E-state index in [1.165, 1.54) is 11.1 Å². The Hall–Kier alpha value is -0.990. The number of hydrogen-bond donors (Lipinski definition) is 1. The van der Waals surface area contributed by atoms with Crippen LogP contribution in [-0.2, 0) is 0 Å². The van der Waals surface area contributed by atoms with Crippen LogP contribution in [0.1, 0.15) is 31.9 Å². The summed E-state index contributed by atoms with van der Waals surface area (Å²) < 4.78 is 5.67. The first-order valence-electron chi connectivity index (χ1n) is 6.00. The van der Waals surface area contributed by atoms with Gasteiger partial charge in [0, 0.05) is 17.1 Å². The first-order chi connectivity index (χ1) is 8.29. The molecule has 1 N–H and O–H groups in total. The van der Waals surface area contributed by atoms with Gasteiger partial charge in [-0.05, 0) is 32.0 Å².